The molecule has 0 aliphatic rings. The van der Waals surface area contributed by atoms with Gasteiger partial charge in [-0.15, -0.1) is 0 Å². The lowest BCUT2D eigenvalue weighted by Crippen LogP contribution is -2.36. The zero-order valence-corrected chi connectivity index (χ0v) is 11.3. The molecule has 1 aromatic rings. The number of nitrogens with two attached hydrogens (primary N) is 1. The minimum absolute atomic E-state index is 0.115. The Kier molecular flexibility index (Phi) is 5.78. The van der Waals surface area contributed by atoms with Gasteiger partial charge in [0.2, 0.25) is 5.91 Å². The lowest BCUT2D eigenvalue weighted by molar-refractivity contribution is -0.118. The molecule has 4 N–H and O–H groups in total. The maximum Gasteiger partial charge on any atom is 0.255 e. The molecule has 6 heteroatoms. The summed E-state index contributed by atoms with van der Waals surface area (Å²) >= 11 is 0. The molecule has 0 aromatic carbocycles. The van der Waals surface area contributed by atoms with Gasteiger partial charge in [0.15, 0.2) is 0 Å². The van der Waals surface area contributed by atoms with E-state index in [-0.39, 0.29) is 18.4 Å². The first-order valence-electron chi connectivity index (χ1n) is 6.32. The number of hydrogen-bond acceptors (Lipinski definition) is 4. The molecular formula is C13H20N4O2. The van der Waals surface area contributed by atoms with Crippen molar-refractivity contribution in [3.8, 4) is 0 Å². The van der Waals surface area contributed by atoms with Crippen LogP contribution in [0.3, 0.4) is 0 Å². The minimum atomic E-state index is -0.441. The van der Waals surface area contributed by atoms with Crippen molar-refractivity contribution in [2.24, 2.45) is 5.73 Å². The summed E-state index contributed by atoms with van der Waals surface area (Å²) in [6.07, 6.45) is 2.68. The topological polar surface area (TPSA) is 97.1 Å². The maximum absolute atomic E-state index is 12.1. The van der Waals surface area contributed by atoms with Crippen LogP contribution in [0.25, 0.3) is 0 Å². The van der Waals surface area contributed by atoms with Crippen molar-refractivity contribution in [3.63, 3.8) is 0 Å². The predicted molar refractivity (Wildman–Crippen MR) is 73.8 cm³/mol. The summed E-state index contributed by atoms with van der Waals surface area (Å²) in [6, 6.07) is 3.09. The predicted octanol–water partition coefficient (Wildman–Crippen LogP) is 0.897. The number of nitrogens with zero attached hydrogens (tertiary/aromatic N) is 1. The van der Waals surface area contributed by atoms with Crippen LogP contribution in [0.4, 0.5) is 5.82 Å². The highest BCUT2D eigenvalue weighted by atomic mass is 16.2. The number of carbonyl (C=O) groups excluding carboxylic acids is 2. The van der Waals surface area contributed by atoms with Crippen molar-refractivity contribution in [2.45, 2.75) is 32.7 Å². The molecule has 0 saturated heterocycles. The fraction of sp³-hybridized carbons (Fsp3) is 0.462. The van der Waals surface area contributed by atoms with Crippen LogP contribution in [-0.2, 0) is 4.79 Å². The van der Waals surface area contributed by atoms with E-state index in [1.165, 1.54) is 0 Å². The zero-order chi connectivity index (χ0) is 14.3. The van der Waals surface area contributed by atoms with Gasteiger partial charge >= 0.3 is 0 Å². The largest absolute Gasteiger partial charge is 0.370 e. The first-order chi connectivity index (χ1) is 9.04. The summed E-state index contributed by atoms with van der Waals surface area (Å²) in [5.74, 6) is -0.156. The standard InChI is InChI=1S/C13H20N4O2/c1-3-6-15-12-10(5-4-7-16-12)13(19)17-9(2)8-11(14)18/h4-5,7,9H,3,6,8H2,1-2H3,(H2,14,18)(H,15,16)(H,17,19). The Morgan fingerprint density at radius 1 is 1.47 bits per heavy atom. The number of primary amides is 1. The lowest BCUT2D eigenvalue weighted by atomic mass is 10.2. The Labute approximate surface area is 112 Å². The third kappa shape index (κ3) is 4.95. The number of amides is 2. The van der Waals surface area contributed by atoms with Gasteiger partial charge in [0, 0.05) is 25.2 Å². The van der Waals surface area contributed by atoms with Crippen LogP contribution in [-0.4, -0.2) is 29.4 Å². The molecule has 1 aromatic heterocycles. The molecule has 104 valence electrons. The average Bonchev–Trinajstić information content (AvgIpc) is 2.35. The van der Waals surface area contributed by atoms with Gasteiger partial charge in [-0.2, -0.15) is 0 Å². The average molecular weight is 264 g/mol. The molecule has 0 radical (unpaired) electrons. The highest BCUT2D eigenvalue weighted by Crippen LogP contribution is 2.11. The summed E-state index contributed by atoms with van der Waals surface area (Å²) in [5.41, 5.74) is 5.55. The van der Waals surface area contributed by atoms with Crippen molar-refractivity contribution >= 4 is 17.6 Å². The molecule has 6 nitrogen and oxygen atoms in total. The molecule has 0 fully saturated rings. The van der Waals surface area contributed by atoms with Gasteiger partial charge in [0.05, 0.1) is 5.56 Å². The van der Waals surface area contributed by atoms with E-state index in [9.17, 15) is 9.59 Å². The van der Waals surface area contributed by atoms with Crippen molar-refractivity contribution in [2.75, 3.05) is 11.9 Å². The fourth-order valence-electron chi connectivity index (χ4n) is 1.63. The molecular weight excluding hydrogens is 244 g/mol. The molecule has 1 rings (SSSR count). The summed E-state index contributed by atoms with van der Waals surface area (Å²) in [6.45, 7) is 4.51. The number of hydrogen-bond donors (Lipinski definition) is 3. The molecule has 0 bridgehead atoms. The van der Waals surface area contributed by atoms with Gasteiger partial charge in [-0.05, 0) is 25.5 Å². The van der Waals surface area contributed by atoms with Crippen molar-refractivity contribution in [3.05, 3.63) is 23.9 Å². The van der Waals surface area contributed by atoms with E-state index in [1.807, 2.05) is 6.92 Å². The van der Waals surface area contributed by atoms with E-state index in [0.717, 1.165) is 13.0 Å². The molecule has 0 spiro atoms. The molecule has 1 unspecified atom stereocenters. The van der Waals surface area contributed by atoms with E-state index in [0.29, 0.717) is 11.4 Å². The van der Waals surface area contributed by atoms with E-state index >= 15 is 0 Å². The number of nitrogens with one attached hydrogen (secondary N) is 2. The summed E-state index contributed by atoms with van der Waals surface area (Å²) in [4.78, 5) is 27.0. The van der Waals surface area contributed by atoms with E-state index in [1.54, 1.807) is 25.3 Å². The molecule has 1 heterocycles. The van der Waals surface area contributed by atoms with Crippen LogP contribution in [0.15, 0.2) is 18.3 Å². The second kappa shape index (κ2) is 7.35. The first kappa shape index (κ1) is 14.9. The molecule has 19 heavy (non-hydrogen) atoms. The SMILES string of the molecule is CCCNc1ncccc1C(=O)NC(C)CC(N)=O. The monoisotopic (exact) mass is 264 g/mol. The number of pyridine rings is 1. The van der Waals surface area contributed by atoms with Crippen LogP contribution in [0.2, 0.25) is 0 Å². The van der Waals surface area contributed by atoms with Crippen LogP contribution in [0.5, 0.6) is 0 Å². The van der Waals surface area contributed by atoms with Crippen LogP contribution < -0.4 is 16.4 Å². The molecule has 0 aliphatic carbocycles. The highest BCUT2D eigenvalue weighted by molar-refractivity contribution is 5.99. The Morgan fingerprint density at radius 3 is 2.84 bits per heavy atom. The van der Waals surface area contributed by atoms with Gasteiger partial charge < -0.3 is 16.4 Å². The summed E-state index contributed by atoms with van der Waals surface area (Å²) < 4.78 is 0. The van der Waals surface area contributed by atoms with Gasteiger partial charge in [-0.1, -0.05) is 6.92 Å². The van der Waals surface area contributed by atoms with Crippen molar-refractivity contribution in [1.29, 1.82) is 0 Å². The molecule has 2 amide bonds. The first-order valence-corrected chi connectivity index (χ1v) is 6.32. The maximum atomic E-state index is 12.1. The number of aromatic nitrogens is 1. The Bertz CT molecular complexity index is 448. The lowest BCUT2D eigenvalue weighted by Gasteiger charge is -2.14. The van der Waals surface area contributed by atoms with Gasteiger partial charge in [0.1, 0.15) is 5.82 Å². The normalized spacial score (nSPS) is 11.7. The van der Waals surface area contributed by atoms with Gasteiger partial charge in [-0.25, -0.2) is 4.98 Å². The van der Waals surface area contributed by atoms with Crippen molar-refractivity contribution < 1.29 is 9.59 Å². The zero-order valence-electron chi connectivity index (χ0n) is 11.3. The third-order valence-corrected chi connectivity index (χ3v) is 2.48. The van der Waals surface area contributed by atoms with Crippen LogP contribution >= 0.6 is 0 Å². The molecule has 0 saturated carbocycles. The fourth-order valence-corrected chi connectivity index (χ4v) is 1.63. The highest BCUT2D eigenvalue weighted by Gasteiger charge is 2.15. The Hall–Kier alpha value is -2.11. The van der Waals surface area contributed by atoms with Gasteiger partial charge in [0.25, 0.3) is 5.91 Å². The van der Waals surface area contributed by atoms with Crippen molar-refractivity contribution in [1.82, 2.24) is 10.3 Å². The third-order valence-electron chi connectivity index (χ3n) is 2.48. The number of carbonyl (C=O) groups is 2. The van der Waals surface area contributed by atoms with Gasteiger partial charge in [-0.3, -0.25) is 9.59 Å². The summed E-state index contributed by atoms with van der Waals surface area (Å²) in [5, 5.41) is 5.82. The Balaban J connectivity index is 2.73. The van der Waals surface area contributed by atoms with Crippen LogP contribution in [0.1, 0.15) is 37.0 Å². The van der Waals surface area contributed by atoms with E-state index in [4.69, 9.17) is 5.73 Å². The minimum Gasteiger partial charge on any atom is -0.370 e. The summed E-state index contributed by atoms with van der Waals surface area (Å²) in [7, 11) is 0. The molecule has 1 atom stereocenters. The second-order valence-corrected chi connectivity index (χ2v) is 4.37. The number of anilines is 1. The Morgan fingerprint density at radius 2 is 2.21 bits per heavy atom. The van der Waals surface area contributed by atoms with E-state index in [2.05, 4.69) is 15.6 Å². The second-order valence-electron chi connectivity index (χ2n) is 4.37. The smallest absolute Gasteiger partial charge is 0.255 e. The molecule has 0 aliphatic heterocycles. The van der Waals surface area contributed by atoms with Crippen LogP contribution in [0, 0.1) is 0 Å². The quantitative estimate of drug-likeness (QED) is 0.681. The number of rotatable bonds is 7. The van der Waals surface area contributed by atoms with E-state index < -0.39 is 5.91 Å².